The largest absolute Gasteiger partial charge is 0.477 e. The van der Waals surface area contributed by atoms with Crippen LogP contribution in [0, 0.1) is 0 Å². The Kier molecular flexibility index (Phi) is 3.37. The zero-order valence-corrected chi connectivity index (χ0v) is 9.57. The van der Waals surface area contributed by atoms with Gasteiger partial charge in [-0.25, -0.2) is 19.6 Å². The molecule has 0 aliphatic rings. The van der Waals surface area contributed by atoms with Crippen LogP contribution >= 0.6 is 0 Å². The molecular formula is C12H9N3O4. The van der Waals surface area contributed by atoms with E-state index in [-0.39, 0.29) is 23.0 Å². The van der Waals surface area contributed by atoms with Gasteiger partial charge in [0, 0.05) is 0 Å². The summed E-state index contributed by atoms with van der Waals surface area (Å²) < 4.78 is 0. The van der Waals surface area contributed by atoms with Crippen LogP contribution in [-0.2, 0) is 0 Å². The van der Waals surface area contributed by atoms with E-state index in [1.807, 2.05) is 0 Å². The van der Waals surface area contributed by atoms with Gasteiger partial charge in [-0.05, 0) is 24.3 Å². The molecule has 0 atom stereocenters. The summed E-state index contributed by atoms with van der Waals surface area (Å²) in [5, 5.41) is 20.4. The Bertz CT molecular complexity index is 587. The second-order valence-corrected chi connectivity index (χ2v) is 3.55. The lowest BCUT2D eigenvalue weighted by atomic mass is 10.3. The van der Waals surface area contributed by atoms with Crippen molar-refractivity contribution in [2.75, 3.05) is 5.32 Å². The molecule has 0 radical (unpaired) electrons. The molecule has 0 amide bonds. The summed E-state index contributed by atoms with van der Waals surface area (Å²) in [6.07, 6.45) is 0. The van der Waals surface area contributed by atoms with Crippen molar-refractivity contribution >= 4 is 23.6 Å². The fourth-order valence-corrected chi connectivity index (χ4v) is 1.38. The number of anilines is 2. The zero-order chi connectivity index (χ0) is 13.8. The second kappa shape index (κ2) is 5.13. The minimum Gasteiger partial charge on any atom is -0.477 e. The number of hydrogen-bond donors (Lipinski definition) is 3. The summed E-state index contributed by atoms with van der Waals surface area (Å²) in [4.78, 5) is 29.2. The van der Waals surface area contributed by atoms with Crippen molar-refractivity contribution in [3.8, 4) is 0 Å². The summed E-state index contributed by atoms with van der Waals surface area (Å²) in [6, 6.07) is 8.88. The van der Waals surface area contributed by atoms with Crippen LogP contribution in [0.15, 0.2) is 36.4 Å². The Hall–Kier alpha value is -2.96. The number of nitrogens with zero attached hydrogens (tertiary/aromatic N) is 2. The van der Waals surface area contributed by atoms with Crippen LogP contribution in [0.4, 0.5) is 11.6 Å². The van der Waals surface area contributed by atoms with E-state index >= 15 is 0 Å². The van der Waals surface area contributed by atoms with Crippen molar-refractivity contribution < 1.29 is 19.8 Å². The molecule has 7 nitrogen and oxygen atoms in total. The standard InChI is InChI=1S/C12H9N3O4/c16-11(17)7-3-1-5-9(13-7)15-10-6-2-4-8(14-10)12(18)19/h1-6H,(H,16,17)(H,18,19)(H,13,14,15). The van der Waals surface area contributed by atoms with E-state index in [0.717, 1.165) is 0 Å². The minimum absolute atomic E-state index is 0.112. The van der Waals surface area contributed by atoms with E-state index in [9.17, 15) is 9.59 Å². The summed E-state index contributed by atoms with van der Waals surface area (Å²) >= 11 is 0. The fraction of sp³-hybridized carbons (Fsp3) is 0. The van der Waals surface area contributed by atoms with E-state index in [0.29, 0.717) is 0 Å². The van der Waals surface area contributed by atoms with Gasteiger partial charge in [-0.2, -0.15) is 0 Å². The predicted molar refractivity (Wildman–Crippen MR) is 65.7 cm³/mol. The van der Waals surface area contributed by atoms with Gasteiger partial charge in [0.2, 0.25) is 0 Å². The van der Waals surface area contributed by atoms with Gasteiger partial charge in [-0.3, -0.25) is 0 Å². The molecule has 2 rings (SSSR count). The first-order valence-electron chi connectivity index (χ1n) is 5.24. The maximum atomic E-state index is 10.8. The molecule has 0 fully saturated rings. The van der Waals surface area contributed by atoms with Crippen LogP contribution in [-0.4, -0.2) is 32.1 Å². The molecule has 0 bridgehead atoms. The second-order valence-electron chi connectivity index (χ2n) is 3.55. The number of pyridine rings is 2. The van der Waals surface area contributed by atoms with Gasteiger partial charge in [0.1, 0.15) is 11.6 Å². The Labute approximate surface area is 107 Å². The zero-order valence-electron chi connectivity index (χ0n) is 9.57. The number of carboxylic acids is 2. The summed E-state index contributed by atoms with van der Waals surface area (Å²) in [7, 11) is 0. The Morgan fingerprint density at radius 1 is 0.842 bits per heavy atom. The predicted octanol–water partition coefficient (Wildman–Crippen LogP) is 1.62. The van der Waals surface area contributed by atoms with E-state index in [1.54, 1.807) is 12.1 Å². The molecule has 96 valence electrons. The molecule has 19 heavy (non-hydrogen) atoms. The number of rotatable bonds is 4. The molecule has 0 aromatic carbocycles. The Morgan fingerprint density at radius 2 is 1.26 bits per heavy atom. The number of carboxylic acid groups (broad SMARTS) is 2. The molecule has 2 aromatic rings. The van der Waals surface area contributed by atoms with E-state index in [1.165, 1.54) is 24.3 Å². The van der Waals surface area contributed by atoms with Crippen molar-refractivity contribution in [1.29, 1.82) is 0 Å². The molecular weight excluding hydrogens is 250 g/mol. The molecule has 0 spiro atoms. The highest BCUT2D eigenvalue weighted by Crippen LogP contribution is 2.13. The third kappa shape index (κ3) is 3.03. The van der Waals surface area contributed by atoms with E-state index in [4.69, 9.17) is 10.2 Å². The molecule has 3 N–H and O–H groups in total. The van der Waals surface area contributed by atoms with E-state index in [2.05, 4.69) is 15.3 Å². The average Bonchev–Trinajstić information content (AvgIpc) is 2.39. The maximum absolute atomic E-state index is 10.8. The summed E-state index contributed by atoms with van der Waals surface area (Å²) in [5.41, 5.74) is -0.223. The maximum Gasteiger partial charge on any atom is 0.354 e. The van der Waals surface area contributed by atoms with Gasteiger partial charge in [0.15, 0.2) is 11.4 Å². The van der Waals surface area contributed by atoms with Crippen molar-refractivity contribution in [3.05, 3.63) is 47.8 Å². The number of nitrogens with one attached hydrogen (secondary N) is 1. The first-order chi connectivity index (χ1) is 9.06. The lowest BCUT2D eigenvalue weighted by Gasteiger charge is -2.05. The molecule has 0 aliphatic heterocycles. The normalized spacial score (nSPS) is 9.89. The highest BCUT2D eigenvalue weighted by molar-refractivity contribution is 5.86. The van der Waals surface area contributed by atoms with E-state index < -0.39 is 11.9 Å². The van der Waals surface area contributed by atoms with Gasteiger partial charge in [-0.1, -0.05) is 12.1 Å². The molecule has 7 heteroatoms. The molecule has 2 aromatic heterocycles. The van der Waals surface area contributed by atoms with Crippen LogP contribution < -0.4 is 5.32 Å². The van der Waals surface area contributed by atoms with Crippen LogP contribution in [0.1, 0.15) is 21.0 Å². The average molecular weight is 259 g/mol. The SMILES string of the molecule is O=C(O)c1cccc(Nc2cccc(C(=O)O)n2)n1. The van der Waals surface area contributed by atoms with Crippen molar-refractivity contribution in [3.63, 3.8) is 0 Å². The number of hydrogen-bond acceptors (Lipinski definition) is 5. The van der Waals surface area contributed by atoms with Gasteiger partial charge < -0.3 is 15.5 Å². The lowest BCUT2D eigenvalue weighted by Crippen LogP contribution is -2.05. The van der Waals surface area contributed by atoms with Crippen LogP contribution in [0.2, 0.25) is 0 Å². The number of aromatic nitrogens is 2. The van der Waals surface area contributed by atoms with Crippen molar-refractivity contribution in [2.24, 2.45) is 0 Å². The third-order valence-corrected chi connectivity index (χ3v) is 2.19. The molecule has 0 saturated carbocycles. The lowest BCUT2D eigenvalue weighted by molar-refractivity contribution is 0.0680. The monoisotopic (exact) mass is 259 g/mol. The molecule has 0 aliphatic carbocycles. The smallest absolute Gasteiger partial charge is 0.354 e. The third-order valence-electron chi connectivity index (χ3n) is 2.19. The summed E-state index contributed by atoms with van der Waals surface area (Å²) in [5.74, 6) is -1.74. The first-order valence-corrected chi connectivity index (χ1v) is 5.24. The van der Waals surface area contributed by atoms with Crippen LogP contribution in [0.5, 0.6) is 0 Å². The summed E-state index contributed by atoms with van der Waals surface area (Å²) in [6.45, 7) is 0. The van der Waals surface area contributed by atoms with Crippen LogP contribution in [0.3, 0.4) is 0 Å². The Balaban J connectivity index is 2.26. The van der Waals surface area contributed by atoms with Gasteiger partial charge in [-0.15, -0.1) is 0 Å². The highest BCUT2D eigenvalue weighted by atomic mass is 16.4. The number of carbonyl (C=O) groups is 2. The quantitative estimate of drug-likeness (QED) is 0.764. The topological polar surface area (TPSA) is 112 Å². The highest BCUT2D eigenvalue weighted by Gasteiger charge is 2.07. The van der Waals surface area contributed by atoms with Gasteiger partial charge in [0.05, 0.1) is 0 Å². The van der Waals surface area contributed by atoms with Gasteiger partial charge >= 0.3 is 11.9 Å². The van der Waals surface area contributed by atoms with Crippen molar-refractivity contribution in [2.45, 2.75) is 0 Å². The first kappa shape index (κ1) is 12.5. The Morgan fingerprint density at radius 3 is 1.63 bits per heavy atom. The van der Waals surface area contributed by atoms with Crippen LogP contribution in [0.25, 0.3) is 0 Å². The van der Waals surface area contributed by atoms with Crippen molar-refractivity contribution in [1.82, 2.24) is 9.97 Å². The van der Waals surface area contributed by atoms with Gasteiger partial charge in [0.25, 0.3) is 0 Å². The molecule has 2 heterocycles. The molecule has 0 unspecified atom stereocenters. The minimum atomic E-state index is -1.14. The molecule has 0 saturated heterocycles. The number of aromatic carboxylic acids is 2. The fourth-order valence-electron chi connectivity index (χ4n) is 1.38.